The van der Waals surface area contributed by atoms with Crippen LogP contribution in [0.3, 0.4) is 0 Å². The molecule has 0 fully saturated rings. The Morgan fingerprint density at radius 1 is 1.06 bits per heavy atom. The molecule has 0 aromatic carbocycles. The van der Waals surface area contributed by atoms with Gasteiger partial charge in [0.2, 0.25) is 0 Å². The molecule has 0 aromatic rings. The molecule has 0 aromatic heterocycles. The van der Waals surface area contributed by atoms with Gasteiger partial charge in [-0.05, 0) is 53.6 Å². The largest absolute Gasteiger partial charge is 0.378 e. The van der Waals surface area contributed by atoms with Crippen molar-refractivity contribution in [2.45, 2.75) is 45.8 Å². The third-order valence-electron chi connectivity index (χ3n) is 2.78. The van der Waals surface area contributed by atoms with E-state index < -0.39 is 0 Å². The van der Waals surface area contributed by atoms with Crippen molar-refractivity contribution in [3.8, 4) is 0 Å². The summed E-state index contributed by atoms with van der Waals surface area (Å²) in [7, 11) is 3.99. The lowest BCUT2D eigenvalue weighted by Gasteiger charge is -2.16. The van der Waals surface area contributed by atoms with Crippen LogP contribution in [-0.4, -0.2) is 39.4 Å². The van der Waals surface area contributed by atoms with E-state index in [0.717, 1.165) is 26.0 Å². The lowest BCUT2D eigenvalue weighted by molar-refractivity contribution is 0.0521. The zero-order valence-electron chi connectivity index (χ0n) is 12.1. The summed E-state index contributed by atoms with van der Waals surface area (Å²) < 4.78 is 5.67. The number of hydrogen-bond acceptors (Lipinski definition) is 3. The minimum atomic E-state index is 0.322. The maximum atomic E-state index is 5.67. The number of rotatable bonds is 10. The predicted octanol–water partition coefficient (Wildman–Crippen LogP) is 2.19. The summed E-state index contributed by atoms with van der Waals surface area (Å²) in [4.78, 5) is 0. The van der Waals surface area contributed by atoms with E-state index in [1.807, 2.05) is 14.1 Å². The Hall–Kier alpha value is -0.380. The summed E-state index contributed by atoms with van der Waals surface area (Å²) in [6, 6.07) is 0.556. The van der Waals surface area contributed by atoms with Crippen LogP contribution >= 0.6 is 0 Å². The highest BCUT2D eigenvalue weighted by molar-refractivity contribution is 4.87. The van der Waals surface area contributed by atoms with Gasteiger partial charge >= 0.3 is 0 Å². The van der Waals surface area contributed by atoms with E-state index in [2.05, 4.69) is 43.6 Å². The average molecular weight is 242 g/mol. The Morgan fingerprint density at radius 3 is 2.24 bits per heavy atom. The molecule has 3 heteroatoms. The van der Waals surface area contributed by atoms with Gasteiger partial charge in [-0.25, -0.2) is 0 Å². The van der Waals surface area contributed by atoms with Crippen molar-refractivity contribution < 1.29 is 4.74 Å². The molecule has 2 N–H and O–H groups in total. The van der Waals surface area contributed by atoms with E-state index in [1.165, 1.54) is 0 Å². The first kappa shape index (κ1) is 16.6. The van der Waals surface area contributed by atoms with Crippen molar-refractivity contribution in [1.29, 1.82) is 0 Å². The normalized spacial score (nSPS) is 15.6. The minimum absolute atomic E-state index is 0.322. The first-order valence-corrected chi connectivity index (χ1v) is 6.68. The number of ether oxygens (including phenoxy) is 1. The zero-order valence-corrected chi connectivity index (χ0v) is 12.1. The monoisotopic (exact) mass is 242 g/mol. The van der Waals surface area contributed by atoms with Crippen LogP contribution in [0.2, 0.25) is 0 Å². The van der Waals surface area contributed by atoms with Gasteiger partial charge in [0.05, 0.1) is 12.7 Å². The SMILES string of the molecule is CNCC(C/C=C/CC(C)NC)COC(C)C. The van der Waals surface area contributed by atoms with Gasteiger partial charge in [-0.3, -0.25) is 0 Å². The molecule has 0 aliphatic heterocycles. The number of nitrogens with one attached hydrogen (secondary N) is 2. The van der Waals surface area contributed by atoms with E-state index in [1.54, 1.807) is 0 Å². The number of allylic oxidation sites excluding steroid dienone is 1. The highest BCUT2D eigenvalue weighted by Crippen LogP contribution is 2.06. The minimum Gasteiger partial charge on any atom is -0.378 e. The van der Waals surface area contributed by atoms with Crippen LogP contribution in [0.5, 0.6) is 0 Å². The third kappa shape index (κ3) is 10.5. The molecule has 102 valence electrons. The summed E-state index contributed by atoms with van der Waals surface area (Å²) >= 11 is 0. The van der Waals surface area contributed by atoms with Crippen molar-refractivity contribution in [2.24, 2.45) is 5.92 Å². The van der Waals surface area contributed by atoms with E-state index in [9.17, 15) is 0 Å². The van der Waals surface area contributed by atoms with Gasteiger partial charge < -0.3 is 15.4 Å². The fraction of sp³-hybridized carbons (Fsp3) is 0.857. The zero-order chi connectivity index (χ0) is 13.1. The first-order chi connectivity index (χ1) is 8.10. The molecule has 0 aliphatic rings. The average Bonchev–Trinajstić information content (AvgIpc) is 2.30. The second-order valence-electron chi connectivity index (χ2n) is 4.94. The molecule has 0 heterocycles. The summed E-state index contributed by atoms with van der Waals surface area (Å²) in [5, 5.41) is 6.46. The lowest BCUT2D eigenvalue weighted by atomic mass is 10.1. The van der Waals surface area contributed by atoms with Crippen molar-refractivity contribution in [1.82, 2.24) is 10.6 Å². The van der Waals surface area contributed by atoms with E-state index in [-0.39, 0.29) is 0 Å². The Morgan fingerprint density at radius 2 is 1.71 bits per heavy atom. The van der Waals surface area contributed by atoms with Gasteiger partial charge in [0.1, 0.15) is 0 Å². The van der Waals surface area contributed by atoms with Crippen LogP contribution in [0.1, 0.15) is 33.6 Å². The third-order valence-corrected chi connectivity index (χ3v) is 2.78. The molecule has 17 heavy (non-hydrogen) atoms. The first-order valence-electron chi connectivity index (χ1n) is 6.68. The molecule has 0 aliphatic carbocycles. The summed E-state index contributed by atoms with van der Waals surface area (Å²) in [6.45, 7) is 8.21. The molecule has 3 nitrogen and oxygen atoms in total. The maximum Gasteiger partial charge on any atom is 0.0519 e. The molecular weight excluding hydrogens is 212 g/mol. The molecular formula is C14H30N2O. The Kier molecular flexibility index (Phi) is 10.5. The van der Waals surface area contributed by atoms with E-state index >= 15 is 0 Å². The van der Waals surface area contributed by atoms with Crippen LogP contribution in [0.15, 0.2) is 12.2 Å². The lowest BCUT2D eigenvalue weighted by Crippen LogP contribution is -2.24. The second kappa shape index (κ2) is 10.8. The number of hydrogen-bond donors (Lipinski definition) is 2. The second-order valence-corrected chi connectivity index (χ2v) is 4.94. The maximum absolute atomic E-state index is 5.67. The molecule has 0 spiro atoms. The highest BCUT2D eigenvalue weighted by Gasteiger charge is 2.07. The van der Waals surface area contributed by atoms with Crippen LogP contribution in [0.4, 0.5) is 0 Å². The Bertz CT molecular complexity index is 193. The van der Waals surface area contributed by atoms with Gasteiger partial charge in [0.25, 0.3) is 0 Å². The quantitative estimate of drug-likeness (QED) is 0.576. The molecule has 2 atom stereocenters. The van der Waals surface area contributed by atoms with Crippen molar-refractivity contribution in [3.05, 3.63) is 12.2 Å². The fourth-order valence-corrected chi connectivity index (χ4v) is 1.53. The summed E-state index contributed by atoms with van der Waals surface area (Å²) in [5.74, 6) is 0.573. The van der Waals surface area contributed by atoms with Crippen LogP contribution < -0.4 is 10.6 Å². The molecule has 0 radical (unpaired) electrons. The standard InChI is InChI=1S/C14H30N2O/c1-12(2)17-11-14(10-15-4)9-7-6-8-13(3)16-5/h6-7,12-16H,8-11H2,1-5H3/b7-6+. The molecule has 0 saturated carbocycles. The van der Waals surface area contributed by atoms with Crippen LogP contribution in [0.25, 0.3) is 0 Å². The summed E-state index contributed by atoms with van der Waals surface area (Å²) in [6.07, 6.45) is 7.04. The molecule has 0 bridgehead atoms. The van der Waals surface area contributed by atoms with Gasteiger partial charge in [-0.2, -0.15) is 0 Å². The fourth-order valence-electron chi connectivity index (χ4n) is 1.53. The van der Waals surface area contributed by atoms with Crippen molar-refractivity contribution >= 4 is 0 Å². The summed E-state index contributed by atoms with van der Waals surface area (Å²) in [5.41, 5.74) is 0. The molecule has 0 saturated heterocycles. The van der Waals surface area contributed by atoms with Gasteiger partial charge in [-0.1, -0.05) is 12.2 Å². The van der Waals surface area contributed by atoms with Crippen LogP contribution in [-0.2, 0) is 4.74 Å². The molecule has 0 rings (SSSR count). The van der Waals surface area contributed by atoms with E-state index in [0.29, 0.717) is 18.1 Å². The molecule has 2 unspecified atom stereocenters. The highest BCUT2D eigenvalue weighted by atomic mass is 16.5. The van der Waals surface area contributed by atoms with Crippen molar-refractivity contribution in [3.63, 3.8) is 0 Å². The van der Waals surface area contributed by atoms with E-state index in [4.69, 9.17) is 4.74 Å². The Balaban J connectivity index is 3.82. The van der Waals surface area contributed by atoms with Gasteiger partial charge in [0, 0.05) is 12.6 Å². The molecule has 0 amide bonds. The van der Waals surface area contributed by atoms with Gasteiger partial charge in [-0.15, -0.1) is 0 Å². The predicted molar refractivity (Wildman–Crippen MR) is 75.4 cm³/mol. The smallest absolute Gasteiger partial charge is 0.0519 e. The van der Waals surface area contributed by atoms with Crippen molar-refractivity contribution in [2.75, 3.05) is 27.2 Å². The van der Waals surface area contributed by atoms with Gasteiger partial charge in [0.15, 0.2) is 0 Å². The Labute approximate surface area is 107 Å². The topological polar surface area (TPSA) is 33.3 Å². The van der Waals surface area contributed by atoms with Crippen LogP contribution in [0, 0.1) is 5.92 Å².